The van der Waals surface area contributed by atoms with Crippen LogP contribution in [0.1, 0.15) is 25.3 Å². The van der Waals surface area contributed by atoms with Gasteiger partial charge in [-0.3, -0.25) is 4.39 Å². The molecule has 1 rings (SSSR count). The monoisotopic (exact) mass is 180 g/mol. The minimum Gasteiger partial charge on any atom is -0.251 e. The normalized spacial score (nSPS) is 12.8. The lowest BCUT2D eigenvalue weighted by Crippen LogP contribution is -1.99. The Labute approximate surface area is 79.8 Å². The second-order valence-electron chi connectivity index (χ2n) is 3.63. The van der Waals surface area contributed by atoms with Crippen molar-refractivity contribution in [3.63, 3.8) is 0 Å². The summed E-state index contributed by atoms with van der Waals surface area (Å²) in [7, 11) is 0. The van der Waals surface area contributed by atoms with Crippen molar-refractivity contribution in [1.82, 2.24) is 0 Å². The van der Waals surface area contributed by atoms with Crippen molar-refractivity contribution in [2.75, 3.05) is 6.67 Å². The second-order valence-corrected chi connectivity index (χ2v) is 3.63. The van der Waals surface area contributed by atoms with Crippen molar-refractivity contribution in [3.8, 4) is 0 Å². The highest BCUT2D eigenvalue weighted by atomic mass is 19.1. The largest absolute Gasteiger partial charge is 0.251 e. The summed E-state index contributed by atoms with van der Waals surface area (Å²) in [5.74, 6) is 0.596. The molecule has 1 heteroatoms. The second kappa shape index (κ2) is 5.74. The molecule has 1 aromatic rings. The molecule has 0 aliphatic heterocycles. The number of halogens is 1. The van der Waals surface area contributed by atoms with Gasteiger partial charge in [-0.1, -0.05) is 37.3 Å². The fourth-order valence-corrected chi connectivity index (χ4v) is 1.54. The molecule has 72 valence electrons. The summed E-state index contributed by atoms with van der Waals surface area (Å²) in [5, 5.41) is 0. The van der Waals surface area contributed by atoms with Gasteiger partial charge in [-0.2, -0.15) is 0 Å². The van der Waals surface area contributed by atoms with Crippen LogP contribution in [-0.4, -0.2) is 6.67 Å². The van der Waals surface area contributed by atoms with E-state index >= 15 is 0 Å². The van der Waals surface area contributed by atoms with Crippen LogP contribution in [-0.2, 0) is 6.42 Å². The van der Waals surface area contributed by atoms with Crippen LogP contribution < -0.4 is 0 Å². The molecule has 0 N–H and O–H groups in total. The number of benzene rings is 1. The minimum absolute atomic E-state index is 0.181. The third-order valence-corrected chi connectivity index (χ3v) is 2.26. The van der Waals surface area contributed by atoms with E-state index in [0.717, 1.165) is 12.8 Å². The van der Waals surface area contributed by atoms with Crippen molar-refractivity contribution in [3.05, 3.63) is 35.9 Å². The molecular weight excluding hydrogens is 163 g/mol. The molecule has 0 spiro atoms. The summed E-state index contributed by atoms with van der Waals surface area (Å²) in [4.78, 5) is 0. The quantitative estimate of drug-likeness (QED) is 0.649. The molecule has 1 unspecified atom stereocenters. The Morgan fingerprint density at radius 2 is 1.92 bits per heavy atom. The Morgan fingerprint density at radius 3 is 2.54 bits per heavy atom. The van der Waals surface area contributed by atoms with E-state index in [1.807, 2.05) is 6.07 Å². The summed E-state index contributed by atoms with van der Waals surface area (Å²) >= 11 is 0. The van der Waals surface area contributed by atoms with E-state index in [9.17, 15) is 4.39 Å². The maximum Gasteiger partial charge on any atom is 0.0894 e. The van der Waals surface area contributed by atoms with E-state index in [0.29, 0.717) is 12.3 Å². The SMILES string of the molecule is CC(CCCF)Cc1ccccc1. The van der Waals surface area contributed by atoms with Crippen molar-refractivity contribution >= 4 is 0 Å². The van der Waals surface area contributed by atoms with Gasteiger partial charge in [0.1, 0.15) is 0 Å². The standard InChI is InChI=1S/C12H17F/c1-11(6-5-9-13)10-12-7-3-2-4-8-12/h2-4,7-8,11H,5-6,9-10H2,1H3. The lowest BCUT2D eigenvalue weighted by Gasteiger charge is -2.09. The summed E-state index contributed by atoms with van der Waals surface area (Å²) in [6.07, 6.45) is 2.76. The van der Waals surface area contributed by atoms with Gasteiger partial charge in [0.15, 0.2) is 0 Å². The first kappa shape index (κ1) is 10.2. The molecule has 0 aliphatic rings. The maximum atomic E-state index is 11.9. The van der Waals surface area contributed by atoms with Crippen LogP contribution in [0.2, 0.25) is 0 Å². The number of alkyl halides is 1. The molecule has 0 saturated carbocycles. The molecule has 0 heterocycles. The highest BCUT2D eigenvalue weighted by molar-refractivity contribution is 5.14. The number of hydrogen-bond acceptors (Lipinski definition) is 0. The third-order valence-electron chi connectivity index (χ3n) is 2.26. The predicted molar refractivity (Wildman–Crippen MR) is 54.5 cm³/mol. The third kappa shape index (κ3) is 4.07. The van der Waals surface area contributed by atoms with Gasteiger partial charge < -0.3 is 0 Å². The van der Waals surface area contributed by atoms with Gasteiger partial charge in [-0.15, -0.1) is 0 Å². The van der Waals surface area contributed by atoms with Crippen molar-refractivity contribution < 1.29 is 4.39 Å². The smallest absolute Gasteiger partial charge is 0.0894 e. The predicted octanol–water partition coefficient (Wildman–Crippen LogP) is 3.61. The fraction of sp³-hybridized carbons (Fsp3) is 0.500. The Morgan fingerprint density at radius 1 is 1.23 bits per heavy atom. The van der Waals surface area contributed by atoms with Gasteiger partial charge in [-0.25, -0.2) is 0 Å². The highest BCUT2D eigenvalue weighted by Crippen LogP contribution is 2.13. The first-order valence-corrected chi connectivity index (χ1v) is 4.93. The molecular formula is C12H17F. The zero-order valence-electron chi connectivity index (χ0n) is 8.17. The molecule has 0 fully saturated rings. The van der Waals surface area contributed by atoms with E-state index in [-0.39, 0.29) is 6.67 Å². The summed E-state index contributed by atoms with van der Waals surface area (Å²) in [6.45, 7) is 2.00. The molecule has 0 aromatic heterocycles. The van der Waals surface area contributed by atoms with Crippen molar-refractivity contribution in [1.29, 1.82) is 0 Å². The Balaban J connectivity index is 2.32. The Kier molecular flexibility index (Phi) is 4.52. The van der Waals surface area contributed by atoms with Crippen LogP contribution in [0.5, 0.6) is 0 Å². The fourth-order valence-electron chi connectivity index (χ4n) is 1.54. The minimum atomic E-state index is -0.181. The maximum absolute atomic E-state index is 11.9. The summed E-state index contributed by atoms with van der Waals surface area (Å²) in [6, 6.07) is 10.4. The molecule has 0 amide bonds. The first-order valence-electron chi connectivity index (χ1n) is 4.93. The molecule has 1 atom stereocenters. The molecule has 0 radical (unpaired) electrons. The van der Waals surface area contributed by atoms with Crippen LogP contribution in [0, 0.1) is 5.92 Å². The van der Waals surface area contributed by atoms with Crippen LogP contribution >= 0.6 is 0 Å². The average molecular weight is 180 g/mol. The molecule has 0 bridgehead atoms. The van der Waals surface area contributed by atoms with Crippen LogP contribution in [0.3, 0.4) is 0 Å². The molecule has 0 aliphatic carbocycles. The lowest BCUT2D eigenvalue weighted by molar-refractivity contribution is 0.416. The Hall–Kier alpha value is -0.850. The average Bonchev–Trinajstić information content (AvgIpc) is 2.16. The zero-order chi connectivity index (χ0) is 9.52. The number of rotatable bonds is 5. The molecule has 1 aromatic carbocycles. The Bertz CT molecular complexity index is 218. The zero-order valence-corrected chi connectivity index (χ0v) is 8.17. The van der Waals surface area contributed by atoms with Gasteiger partial charge in [0.25, 0.3) is 0 Å². The summed E-state index contributed by atoms with van der Waals surface area (Å²) in [5.41, 5.74) is 1.36. The molecule has 0 saturated heterocycles. The van der Waals surface area contributed by atoms with Crippen LogP contribution in [0.4, 0.5) is 4.39 Å². The highest BCUT2D eigenvalue weighted by Gasteiger charge is 2.02. The summed E-state index contributed by atoms with van der Waals surface area (Å²) < 4.78 is 11.9. The van der Waals surface area contributed by atoms with Crippen molar-refractivity contribution in [2.24, 2.45) is 5.92 Å². The van der Waals surface area contributed by atoms with E-state index in [1.54, 1.807) is 0 Å². The van der Waals surface area contributed by atoms with Crippen LogP contribution in [0.15, 0.2) is 30.3 Å². The van der Waals surface area contributed by atoms with E-state index < -0.39 is 0 Å². The van der Waals surface area contributed by atoms with E-state index in [2.05, 4.69) is 31.2 Å². The first-order chi connectivity index (χ1) is 6.33. The van der Waals surface area contributed by atoms with Crippen LogP contribution in [0.25, 0.3) is 0 Å². The van der Waals surface area contributed by atoms with E-state index in [4.69, 9.17) is 0 Å². The van der Waals surface area contributed by atoms with Crippen molar-refractivity contribution in [2.45, 2.75) is 26.2 Å². The van der Waals surface area contributed by atoms with E-state index in [1.165, 1.54) is 5.56 Å². The van der Waals surface area contributed by atoms with Gasteiger partial charge in [0.05, 0.1) is 6.67 Å². The van der Waals surface area contributed by atoms with Gasteiger partial charge >= 0.3 is 0 Å². The lowest BCUT2D eigenvalue weighted by atomic mass is 9.97. The van der Waals surface area contributed by atoms with Gasteiger partial charge in [0.2, 0.25) is 0 Å². The number of hydrogen-bond donors (Lipinski definition) is 0. The molecule has 13 heavy (non-hydrogen) atoms. The van der Waals surface area contributed by atoms with Gasteiger partial charge in [0, 0.05) is 0 Å². The topological polar surface area (TPSA) is 0 Å². The molecule has 0 nitrogen and oxygen atoms in total. The van der Waals surface area contributed by atoms with Gasteiger partial charge in [-0.05, 0) is 30.7 Å².